The molecule has 0 aliphatic carbocycles. The third-order valence-corrected chi connectivity index (χ3v) is 3.93. The lowest BCUT2D eigenvalue weighted by atomic mass is 9.79. The molecular weight excluding hydrogens is 257 g/mol. The Bertz CT molecular complexity index is 486. The minimum atomic E-state index is -4.48. The molecule has 0 atom stereocenters. The molecule has 0 unspecified atom stereocenters. The van der Waals surface area contributed by atoms with Crippen molar-refractivity contribution in [3.63, 3.8) is 0 Å². The Morgan fingerprint density at radius 3 is 2.63 bits per heavy atom. The Balaban J connectivity index is 1.76. The molecule has 3 heterocycles. The first-order valence-electron chi connectivity index (χ1n) is 6.26. The number of rotatable bonds is 1. The van der Waals surface area contributed by atoms with Crippen LogP contribution >= 0.6 is 0 Å². The van der Waals surface area contributed by atoms with Crippen LogP contribution in [0.15, 0.2) is 6.20 Å². The van der Waals surface area contributed by atoms with Crippen LogP contribution < -0.4 is 10.2 Å². The smallest absolute Gasteiger partial charge is 0.367 e. The zero-order valence-corrected chi connectivity index (χ0v) is 10.6. The van der Waals surface area contributed by atoms with Gasteiger partial charge in [-0.3, -0.25) is 0 Å². The zero-order valence-electron chi connectivity index (χ0n) is 10.6. The van der Waals surface area contributed by atoms with E-state index < -0.39 is 12.0 Å². The summed E-state index contributed by atoms with van der Waals surface area (Å²) < 4.78 is 37.5. The maximum atomic E-state index is 12.5. The third kappa shape index (κ3) is 2.16. The number of aryl methyl sites for hydroxylation is 1. The van der Waals surface area contributed by atoms with Gasteiger partial charge in [-0.25, -0.2) is 9.97 Å². The molecule has 1 aromatic heterocycles. The Labute approximate surface area is 109 Å². The monoisotopic (exact) mass is 272 g/mol. The number of hydrogen-bond acceptors (Lipinski definition) is 4. The van der Waals surface area contributed by atoms with Gasteiger partial charge >= 0.3 is 6.18 Å². The van der Waals surface area contributed by atoms with E-state index in [-0.39, 0.29) is 0 Å². The molecule has 0 amide bonds. The Morgan fingerprint density at radius 1 is 1.37 bits per heavy atom. The van der Waals surface area contributed by atoms with E-state index in [1.54, 1.807) is 6.92 Å². The van der Waals surface area contributed by atoms with Crippen molar-refractivity contribution in [2.45, 2.75) is 19.5 Å². The van der Waals surface area contributed by atoms with Crippen molar-refractivity contribution in [1.29, 1.82) is 0 Å². The number of nitrogens with one attached hydrogen (secondary N) is 1. The van der Waals surface area contributed by atoms with Crippen LogP contribution in [0.3, 0.4) is 0 Å². The number of aromatic nitrogens is 2. The largest absolute Gasteiger partial charge is 0.451 e. The molecule has 1 spiro atoms. The van der Waals surface area contributed by atoms with Crippen LogP contribution in [0.25, 0.3) is 0 Å². The number of alkyl halides is 3. The highest BCUT2D eigenvalue weighted by atomic mass is 19.4. The molecule has 0 aromatic carbocycles. The molecule has 7 heteroatoms. The van der Waals surface area contributed by atoms with E-state index in [1.165, 1.54) is 6.20 Å². The molecule has 0 saturated carbocycles. The van der Waals surface area contributed by atoms with E-state index in [2.05, 4.69) is 20.2 Å². The van der Waals surface area contributed by atoms with Gasteiger partial charge in [-0.2, -0.15) is 13.2 Å². The van der Waals surface area contributed by atoms with Crippen molar-refractivity contribution in [2.75, 3.05) is 31.1 Å². The lowest BCUT2D eigenvalue weighted by Crippen LogP contribution is -2.57. The first kappa shape index (κ1) is 12.7. The number of halogens is 3. The summed E-state index contributed by atoms with van der Waals surface area (Å²) in [5.74, 6) is -1.06. The Kier molecular flexibility index (Phi) is 2.70. The second kappa shape index (κ2) is 4.06. The Hall–Kier alpha value is -1.37. The average Bonchev–Trinajstić information content (AvgIpc) is 2.75. The molecule has 2 aliphatic heterocycles. The predicted molar refractivity (Wildman–Crippen MR) is 63.9 cm³/mol. The summed E-state index contributed by atoms with van der Waals surface area (Å²) in [5, 5.41) is 3.32. The topological polar surface area (TPSA) is 41.1 Å². The molecule has 19 heavy (non-hydrogen) atoms. The molecule has 2 fully saturated rings. The van der Waals surface area contributed by atoms with Gasteiger partial charge in [0.2, 0.25) is 5.82 Å². The number of nitrogens with zero attached hydrogens (tertiary/aromatic N) is 3. The fraction of sp³-hybridized carbons (Fsp3) is 0.667. The minimum absolute atomic E-state index is 0.301. The third-order valence-electron chi connectivity index (χ3n) is 3.93. The second-order valence-electron chi connectivity index (χ2n) is 5.44. The summed E-state index contributed by atoms with van der Waals surface area (Å²) in [6.07, 6.45) is -2.06. The highest BCUT2D eigenvalue weighted by Gasteiger charge is 2.45. The van der Waals surface area contributed by atoms with Crippen molar-refractivity contribution < 1.29 is 13.2 Å². The lowest BCUT2D eigenvalue weighted by Gasteiger charge is -2.49. The van der Waals surface area contributed by atoms with Crippen LogP contribution in [0.1, 0.15) is 17.9 Å². The molecule has 4 nitrogen and oxygen atoms in total. The van der Waals surface area contributed by atoms with E-state index >= 15 is 0 Å². The van der Waals surface area contributed by atoms with Crippen molar-refractivity contribution in [3.8, 4) is 0 Å². The maximum Gasteiger partial charge on any atom is 0.451 e. The SMILES string of the molecule is Cc1nc(C(F)(F)F)ncc1N1CC2(CCNC2)C1. The standard InChI is InChI=1S/C12H15F3N4/c1-8-9(4-17-10(18-8)12(13,14)15)19-6-11(7-19)2-3-16-5-11/h4,16H,2-3,5-7H2,1H3. The van der Waals surface area contributed by atoms with Gasteiger partial charge in [0.1, 0.15) is 0 Å². The van der Waals surface area contributed by atoms with Gasteiger partial charge in [0.15, 0.2) is 0 Å². The summed E-state index contributed by atoms with van der Waals surface area (Å²) in [7, 11) is 0. The van der Waals surface area contributed by atoms with E-state index in [9.17, 15) is 13.2 Å². The van der Waals surface area contributed by atoms with Crippen LogP contribution in [-0.2, 0) is 6.18 Å². The number of anilines is 1. The summed E-state index contributed by atoms with van der Waals surface area (Å²) >= 11 is 0. The molecule has 1 aromatic rings. The van der Waals surface area contributed by atoms with Crippen LogP contribution in [0.2, 0.25) is 0 Å². The van der Waals surface area contributed by atoms with Crippen molar-refractivity contribution in [1.82, 2.24) is 15.3 Å². The average molecular weight is 272 g/mol. The van der Waals surface area contributed by atoms with Gasteiger partial charge in [0.05, 0.1) is 17.6 Å². The molecular formula is C12H15F3N4. The van der Waals surface area contributed by atoms with Crippen LogP contribution in [0.5, 0.6) is 0 Å². The zero-order chi connectivity index (χ0) is 13.7. The second-order valence-corrected chi connectivity index (χ2v) is 5.44. The van der Waals surface area contributed by atoms with E-state index in [0.717, 1.165) is 32.6 Å². The molecule has 0 bridgehead atoms. The molecule has 3 rings (SSSR count). The van der Waals surface area contributed by atoms with Crippen LogP contribution in [-0.4, -0.2) is 36.1 Å². The summed E-state index contributed by atoms with van der Waals surface area (Å²) in [5.41, 5.74) is 1.41. The van der Waals surface area contributed by atoms with Crippen molar-refractivity contribution in [2.24, 2.45) is 5.41 Å². The van der Waals surface area contributed by atoms with Gasteiger partial charge in [-0.15, -0.1) is 0 Å². The van der Waals surface area contributed by atoms with Gasteiger partial charge in [0.25, 0.3) is 0 Å². The molecule has 104 valence electrons. The van der Waals surface area contributed by atoms with Gasteiger partial charge < -0.3 is 10.2 Å². The van der Waals surface area contributed by atoms with Crippen molar-refractivity contribution >= 4 is 5.69 Å². The highest BCUT2D eigenvalue weighted by Crippen LogP contribution is 2.39. The van der Waals surface area contributed by atoms with Crippen LogP contribution in [0.4, 0.5) is 18.9 Å². The summed E-state index contributed by atoms with van der Waals surface area (Å²) in [4.78, 5) is 9.06. The molecule has 1 N–H and O–H groups in total. The Morgan fingerprint density at radius 2 is 2.11 bits per heavy atom. The fourth-order valence-corrected chi connectivity index (χ4v) is 2.91. The minimum Gasteiger partial charge on any atom is -0.367 e. The normalized spacial score (nSPS) is 21.8. The first-order chi connectivity index (χ1) is 8.90. The summed E-state index contributed by atoms with van der Waals surface area (Å²) in [6.45, 7) is 5.36. The highest BCUT2D eigenvalue weighted by molar-refractivity contribution is 5.52. The quantitative estimate of drug-likeness (QED) is 0.843. The fourth-order valence-electron chi connectivity index (χ4n) is 2.91. The molecule has 0 radical (unpaired) electrons. The van der Waals surface area contributed by atoms with Gasteiger partial charge in [-0.1, -0.05) is 0 Å². The van der Waals surface area contributed by atoms with Crippen molar-refractivity contribution in [3.05, 3.63) is 17.7 Å². The summed E-state index contributed by atoms with van der Waals surface area (Å²) in [6, 6.07) is 0. The van der Waals surface area contributed by atoms with Gasteiger partial charge in [0, 0.05) is 25.0 Å². The molecule has 2 saturated heterocycles. The van der Waals surface area contributed by atoms with E-state index in [0.29, 0.717) is 16.8 Å². The first-order valence-corrected chi connectivity index (χ1v) is 6.26. The number of hydrogen-bond donors (Lipinski definition) is 1. The predicted octanol–water partition coefficient (Wildman–Crippen LogP) is 1.60. The van der Waals surface area contributed by atoms with Gasteiger partial charge in [-0.05, 0) is 19.9 Å². The van der Waals surface area contributed by atoms with Crippen LogP contribution in [0, 0.1) is 12.3 Å². The lowest BCUT2D eigenvalue weighted by molar-refractivity contribution is -0.145. The van der Waals surface area contributed by atoms with E-state index in [4.69, 9.17) is 0 Å². The maximum absolute atomic E-state index is 12.5. The van der Waals surface area contributed by atoms with E-state index in [1.807, 2.05) is 0 Å². The molecule has 2 aliphatic rings.